The Morgan fingerprint density at radius 1 is 1.19 bits per heavy atom. The number of hydrogen-bond acceptors (Lipinski definition) is 6. The van der Waals surface area contributed by atoms with Gasteiger partial charge in [-0.2, -0.15) is 0 Å². The minimum Gasteiger partial charge on any atom is -0.462 e. The molecule has 2 rings (SSSR count). The van der Waals surface area contributed by atoms with Crippen molar-refractivity contribution >= 4 is 35.0 Å². The van der Waals surface area contributed by atoms with E-state index in [2.05, 4.69) is 5.32 Å². The molecule has 0 atom stereocenters. The summed E-state index contributed by atoms with van der Waals surface area (Å²) in [6.07, 6.45) is 0. The zero-order chi connectivity index (χ0) is 19.8. The molecule has 27 heavy (non-hydrogen) atoms. The van der Waals surface area contributed by atoms with Crippen LogP contribution in [0.25, 0.3) is 0 Å². The number of nitrogens with one attached hydrogen (secondary N) is 1. The molecule has 0 unspecified atom stereocenters. The van der Waals surface area contributed by atoms with Gasteiger partial charge in [0.1, 0.15) is 0 Å². The second kappa shape index (κ2) is 9.72. The fourth-order valence-electron chi connectivity index (χ4n) is 2.36. The number of esters is 1. The van der Waals surface area contributed by atoms with E-state index in [9.17, 15) is 19.7 Å². The number of rotatable bonds is 8. The van der Waals surface area contributed by atoms with Gasteiger partial charge in [-0.1, -0.05) is 18.2 Å². The number of benzene rings is 2. The number of thioether (sulfide) groups is 1. The number of non-ortho nitro benzene ring substituents is 1. The van der Waals surface area contributed by atoms with Crippen molar-refractivity contribution in [2.45, 2.75) is 19.6 Å². The maximum absolute atomic E-state index is 12.2. The van der Waals surface area contributed by atoms with Crippen LogP contribution in [0.1, 0.15) is 28.4 Å². The summed E-state index contributed by atoms with van der Waals surface area (Å²) >= 11 is 1.40. The highest BCUT2D eigenvalue weighted by Gasteiger charge is 2.14. The maximum Gasteiger partial charge on any atom is 0.338 e. The summed E-state index contributed by atoms with van der Waals surface area (Å²) in [6, 6.07) is 11.3. The minimum atomic E-state index is -0.447. The number of carbonyl (C=O) groups excluding carboxylic acids is 2. The van der Waals surface area contributed by atoms with Gasteiger partial charge in [-0.25, -0.2) is 4.79 Å². The lowest BCUT2D eigenvalue weighted by molar-refractivity contribution is -0.384. The van der Waals surface area contributed by atoms with Crippen molar-refractivity contribution in [3.63, 3.8) is 0 Å². The van der Waals surface area contributed by atoms with Gasteiger partial charge < -0.3 is 10.1 Å². The van der Waals surface area contributed by atoms with Crippen molar-refractivity contribution in [2.75, 3.05) is 17.7 Å². The number of nitro groups is 1. The Kier molecular flexibility index (Phi) is 7.36. The number of anilines is 1. The van der Waals surface area contributed by atoms with Crippen molar-refractivity contribution in [1.29, 1.82) is 0 Å². The number of hydrogen-bond donors (Lipinski definition) is 1. The molecule has 0 aliphatic heterocycles. The zero-order valence-electron chi connectivity index (χ0n) is 15.1. The van der Waals surface area contributed by atoms with Gasteiger partial charge >= 0.3 is 5.97 Å². The molecule has 0 aromatic heterocycles. The summed E-state index contributed by atoms with van der Waals surface area (Å²) < 4.78 is 5.01. The van der Waals surface area contributed by atoms with Crippen molar-refractivity contribution in [3.8, 4) is 0 Å². The lowest BCUT2D eigenvalue weighted by Gasteiger charge is -2.12. The number of ether oxygens (including phenoxy) is 1. The quantitative estimate of drug-likeness (QED) is 0.418. The first-order chi connectivity index (χ1) is 12.9. The predicted octanol–water partition coefficient (Wildman–Crippen LogP) is 3.95. The first-order valence-electron chi connectivity index (χ1n) is 8.30. The van der Waals surface area contributed by atoms with Crippen molar-refractivity contribution in [2.24, 2.45) is 0 Å². The van der Waals surface area contributed by atoms with Crippen LogP contribution in [0.15, 0.2) is 42.5 Å². The highest BCUT2D eigenvalue weighted by Crippen LogP contribution is 2.21. The monoisotopic (exact) mass is 388 g/mol. The Morgan fingerprint density at radius 2 is 1.89 bits per heavy atom. The molecule has 1 amide bonds. The third kappa shape index (κ3) is 5.82. The van der Waals surface area contributed by atoms with Crippen LogP contribution in [-0.4, -0.2) is 29.2 Å². The molecule has 0 heterocycles. The van der Waals surface area contributed by atoms with Crippen LogP contribution in [0.4, 0.5) is 11.4 Å². The predicted molar refractivity (Wildman–Crippen MR) is 105 cm³/mol. The molecular formula is C19H20N2O5S. The van der Waals surface area contributed by atoms with Crippen molar-refractivity contribution in [3.05, 3.63) is 69.3 Å². The fraction of sp³-hybridized carbons (Fsp3) is 0.263. The van der Waals surface area contributed by atoms with Crippen molar-refractivity contribution in [1.82, 2.24) is 0 Å². The average molecular weight is 388 g/mol. The molecule has 0 aliphatic carbocycles. The van der Waals surface area contributed by atoms with Gasteiger partial charge in [-0.3, -0.25) is 14.9 Å². The normalized spacial score (nSPS) is 10.3. The van der Waals surface area contributed by atoms with Gasteiger partial charge in [0, 0.05) is 23.6 Å². The first kappa shape index (κ1) is 20.4. The van der Waals surface area contributed by atoms with Crippen molar-refractivity contribution < 1.29 is 19.2 Å². The molecule has 1 N–H and O–H groups in total. The fourth-order valence-corrected chi connectivity index (χ4v) is 3.15. The first-order valence-corrected chi connectivity index (χ1v) is 9.45. The van der Waals surface area contributed by atoms with Gasteiger partial charge in [0.2, 0.25) is 5.91 Å². The van der Waals surface area contributed by atoms with Crippen LogP contribution in [0.2, 0.25) is 0 Å². The molecule has 0 fully saturated rings. The molecule has 7 nitrogen and oxygen atoms in total. The van der Waals surface area contributed by atoms with E-state index in [1.54, 1.807) is 44.2 Å². The number of carbonyl (C=O) groups is 2. The Bertz CT molecular complexity index is 836. The molecule has 0 radical (unpaired) electrons. The maximum atomic E-state index is 12.2. The summed E-state index contributed by atoms with van der Waals surface area (Å²) in [5.74, 6) is 0.178. The van der Waals surface area contributed by atoms with Crippen LogP contribution in [0.5, 0.6) is 0 Å². The average Bonchev–Trinajstić information content (AvgIpc) is 2.64. The van der Waals surface area contributed by atoms with Gasteiger partial charge in [0.15, 0.2) is 0 Å². The topological polar surface area (TPSA) is 98.5 Å². The second-order valence-electron chi connectivity index (χ2n) is 5.66. The molecule has 8 heteroatoms. The molecule has 2 aromatic rings. The number of nitrogens with zero attached hydrogens (tertiary/aromatic N) is 1. The summed E-state index contributed by atoms with van der Waals surface area (Å²) in [5.41, 5.74) is 2.59. The molecule has 0 saturated heterocycles. The number of amides is 1. The Hall–Kier alpha value is -2.87. The van der Waals surface area contributed by atoms with E-state index < -0.39 is 10.9 Å². The smallest absolute Gasteiger partial charge is 0.338 e. The molecule has 0 bridgehead atoms. The van der Waals surface area contributed by atoms with Gasteiger partial charge in [-0.15, -0.1) is 11.8 Å². The Labute approximate surface area is 161 Å². The summed E-state index contributed by atoms with van der Waals surface area (Å²) in [5, 5.41) is 13.4. The highest BCUT2D eigenvalue weighted by atomic mass is 32.2. The molecule has 2 aromatic carbocycles. The third-order valence-electron chi connectivity index (χ3n) is 3.75. The van der Waals surface area contributed by atoms with E-state index in [4.69, 9.17) is 4.74 Å². The molecule has 0 aliphatic rings. The van der Waals surface area contributed by atoms with E-state index in [1.165, 1.54) is 23.9 Å². The standard InChI is InChI=1S/C19H20N2O5S/c1-3-26-19(23)16-5-4-6-17(13(16)2)20-18(22)12-27-11-14-7-9-15(10-8-14)21(24)25/h4-10H,3,11-12H2,1-2H3,(H,20,22). The zero-order valence-corrected chi connectivity index (χ0v) is 15.9. The summed E-state index contributed by atoms with van der Waals surface area (Å²) in [7, 11) is 0. The second-order valence-corrected chi connectivity index (χ2v) is 6.65. The molecular weight excluding hydrogens is 368 g/mol. The van der Waals surface area contributed by atoms with Crippen LogP contribution in [-0.2, 0) is 15.3 Å². The summed E-state index contributed by atoms with van der Waals surface area (Å²) in [4.78, 5) is 34.3. The van der Waals surface area contributed by atoms with Crippen LogP contribution < -0.4 is 5.32 Å². The lowest BCUT2D eigenvalue weighted by Crippen LogP contribution is -2.16. The number of nitro benzene ring substituents is 1. The van der Waals surface area contributed by atoms with Gasteiger partial charge in [-0.05, 0) is 37.1 Å². The van der Waals surface area contributed by atoms with Gasteiger partial charge in [0.05, 0.1) is 22.8 Å². The minimum absolute atomic E-state index is 0.0402. The largest absolute Gasteiger partial charge is 0.462 e. The van der Waals surface area contributed by atoms with Gasteiger partial charge in [0.25, 0.3) is 5.69 Å². The van der Waals surface area contributed by atoms with E-state index in [0.717, 1.165) is 5.56 Å². The lowest BCUT2D eigenvalue weighted by atomic mass is 10.1. The highest BCUT2D eigenvalue weighted by molar-refractivity contribution is 7.99. The molecule has 142 valence electrons. The van der Waals surface area contributed by atoms with Crippen LogP contribution in [0, 0.1) is 17.0 Å². The summed E-state index contributed by atoms with van der Waals surface area (Å²) in [6.45, 7) is 3.78. The van der Waals surface area contributed by atoms with E-state index >= 15 is 0 Å². The van der Waals surface area contributed by atoms with Crippen LogP contribution >= 0.6 is 11.8 Å². The van der Waals surface area contributed by atoms with E-state index in [-0.39, 0.29) is 24.0 Å². The van der Waals surface area contributed by atoms with E-state index in [1.807, 2.05) is 0 Å². The Balaban J connectivity index is 1.89. The van der Waals surface area contributed by atoms with E-state index in [0.29, 0.717) is 22.6 Å². The third-order valence-corrected chi connectivity index (χ3v) is 4.76. The van der Waals surface area contributed by atoms with Crippen LogP contribution in [0.3, 0.4) is 0 Å². The SMILES string of the molecule is CCOC(=O)c1cccc(NC(=O)CSCc2ccc([N+](=O)[O-])cc2)c1C. The molecule has 0 spiro atoms. The molecule has 0 saturated carbocycles. The Morgan fingerprint density at radius 3 is 2.52 bits per heavy atom.